The van der Waals surface area contributed by atoms with Crippen LogP contribution in [0.15, 0.2) is 24.3 Å². The number of nitrogens with one attached hydrogen (secondary N) is 1. The van der Waals surface area contributed by atoms with Gasteiger partial charge in [0.1, 0.15) is 0 Å². The zero-order valence-electron chi connectivity index (χ0n) is 13.3. The van der Waals surface area contributed by atoms with E-state index in [1.165, 1.54) is 12.5 Å². The number of thiocarbonyl (C=S) groups is 1. The zero-order chi connectivity index (χ0) is 17.6. The van der Waals surface area contributed by atoms with E-state index in [0.29, 0.717) is 10.8 Å². The molecule has 1 aromatic carbocycles. The number of hydrogen-bond acceptors (Lipinski definition) is 2. The summed E-state index contributed by atoms with van der Waals surface area (Å²) < 4.78 is 38.8. The van der Waals surface area contributed by atoms with Gasteiger partial charge in [0, 0.05) is 18.3 Å². The monoisotopic (exact) mass is 355 g/mol. The van der Waals surface area contributed by atoms with Gasteiger partial charge in [-0.05, 0) is 43.3 Å². The first kappa shape index (κ1) is 18.5. The molecule has 0 aliphatic heterocycles. The summed E-state index contributed by atoms with van der Waals surface area (Å²) in [6.45, 7) is 0.260. The molecule has 0 unspecified atom stereocenters. The molecular weight excluding hydrogens is 335 g/mol. The summed E-state index contributed by atoms with van der Waals surface area (Å²) >= 11 is 5.41. The lowest BCUT2D eigenvalue weighted by atomic mass is 9.96. The first-order chi connectivity index (χ1) is 11.4. The summed E-state index contributed by atoms with van der Waals surface area (Å²) in [4.78, 5) is 1.59. The number of halogens is 3. The van der Waals surface area contributed by atoms with E-state index in [1.807, 2.05) is 6.07 Å². The lowest BCUT2D eigenvalue weighted by molar-refractivity contribution is -0.137. The summed E-state index contributed by atoms with van der Waals surface area (Å²) in [5.74, 6) is 0. The van der Waals surface area contributed by atoms with E-state index < -0.39 is 11.7 Å². The average Bonchev–Trinajstić information content (AvgIpc) is 2.55. The first-order valence-corrected chi connectivity index (χ1v) is 8.45. The number of benzene rings is 1. The van der Waals surface area contributed by atoms with Gasteiger partial charge in [-0.1, -0.05) is 25.3 Å². The van der Waals surface area contributed by atoms with E-state index in [4.69, 9.17) is 17.5 Å². The van der Waals surface area contributed by atoms with Crippen LogP contribution < -0.4 is 10.2 Å². The maximum absolute atomic E-state index is 12.9. The maximum atomic E-state index is 12.9. The third kappa shape index (κ3) is 5.10. The largest absolute Gasteiger partial charge is 0.416 e. The highest BCUT2D eigenvalue weighted by atomic mass is 32.1. The van der Waals surface area contributed by atoms with Gasteiger partial charge in [0.05, 0.1) is 18.1 Å². The maximum Gasteiger partial charge on any atom is 0.416 e. The number of rotatable bonds is 4. The quantitative estimate of drug-likeness (QED) is 0.799. The fraction of sp³-hybridized carbons (Fsp3) is 0.529. The first-order valence-electron chi connectivity index (χ1n) is 8.04. The Morgan fingerprint density at radius 2 is 2.00 bits per heavy atom. The van der Waals surface area contributed by atoms with Crippen LogP contribution in [-0.2, 0) is 6.18 Å². The molecule has 0 heterocycles. The van der Waals surface area contributed by atoms with Gasteiger partial charge in [0.25, 0.3) is 0 Å². The predicted octanol–water partition coefficient (Wildman–Crippen LogP) is 4.63. The molecule has 0 amide bonds. The zero-order valence-corrected chi connectivity index (χ0v) is 14.1. The van der Waals surface area contributed by atoms with Crippen molar-refractivity contribution >= 4 is 23.0 Å². The second-order valence-electron chi connectivity index (χ2n) is 5.89. The van der Waals surface area contributed by atoms with Crippen molar-refractivity contribution in [2.45, 2.75) is 50.7 Å². The van der Waals surface area contributed by atoms with Gasteiger partial charge in [0.15, 0.2) is 5.11 Å². The smallest absolute Gasteiger partial charge is 0.360 e. The second kappa shape index (κ2) is 8.34. The molecule has 0 spiro atoms. The highest BCUT2D eigenvalue weighted by Crippen LogP contribution is 2.32. The Balaban J connectivity index is 2.18. The van der Waals surface area contributed by atoms with E-state index in [0.717, 1.165) is 37.8 Å². The molecule has 0 aromatic heterocycles. The molecule has 0 bridgehead atoms. The standard InChI is InChI=1S/C17H20F3N3S/c18-17(19,20)13-6-4-9-15(12-13)23(11-5-10-21)16(24)22-14-7-2-1-3-8-14/h4,6,9,12,14H,1-3,5,7-8,11H2,(H,22,24). The second-order valence-corrected chi connectivity index (χ2v) is 6.28. The highest BCUT2D eigenvalue weighted by Gasteiger charge is 2.31. The Labute approximate surface area is 145 Å². The molecule has 7 heteroatoms. The lowest BCUT2D eigenvalue weighted by Gasteiger charge is -2.30. The highest BCUT2D eigenvalue weighted by molar-refractivity contribution is 7.80. The third-order valence-electron chi connectivity index (χ3n) is 4.11. The minimum atomic E-state index is -4.41. The molecular formula is C17H20F3N3S. The molecule has 0 radical (unpaired) electrons. The SMILES string of the molecule is N#CCCN(C(=S)NC1CCCCC1)c1cccc(C(F)(F)F)c1. The van der Waals surface area contributed by atoms with Crippen molar-refractivity contribution in [1.82, 2.24) is 5.32 Å². The van der Waals surface area contributed by atoms with Crippen LogP contribution in [-0.4, -0.2) is 17.7 Å². The normalized spacial score (nSPS) is 15.6. The van der Waals surface area contributed by atoms with Crippen LogP contribution >= 0.6 is 12.2 Å². The van der Waals surface area contributed by atoms with Crippen molar-refractivity contribution in [3.05, 3.63) is 29.8 Å². The van der Waals surface area contributed by atoms with Crippen LogP contribution in [0.3, 0.4) is 0 Å². The predicted molar refractivity (Wildman–Crippen MR) is 91.6 cm³/mol. The van der Waals surface area contributed by atoms with Gasteiger partial charge in [-0.3, -0.25) is 0 Å². The van der Waals surface area contributed by atoms with Crippen molar-refractivity contribution in [3.8, 4) is 6.07 Å². The molecule has 0 atom stereocenters. The molecule has 24 heavy (non-hydrogen) atoms. The summed E-state index contributed by atoms with van der Waals surface area (Å²) in [6.07, 6.45) is 1.25. The van der Waals surface area contributed by atoms with Crippen LogP contribution in [0.5, 0.6) is 0 Å². The Morgan fingerprint density at radius 3 is 2.62 bits per heavy atom. The molecule has 1 fully saturated rings. The van der Waals surface area contributed by atoms with E-state index >= 15 is 0 Å². The number of hydrogen-bond donors (Lipinski definition) is 1. The molecule has 1 N–H and O–H groups in total. The van der Waals surface area contributed by atoms with E-state index in [-0.39, 0.29) is 19.0 Å². The molecule has 1 aliphatic carbocycles. The average molecular weight is 355 g/mol. The fourth-order valence-corrected chi connectivity index (χ4v) is 3.22. The number of anilines is 1. The lowest BCUT2D eigenvalue weighted by Crippen LogP contribution is -2.46. The Kier molecular flexibility index (Phi) is 6.44. The Bertz CT molecular complexity index is 604. The van der Waals surface area contributed by atoms with Crippen LogP contribution in [0, 0.1) is 11.3 Å². The van der Waals surface area contributed by atoms with Crippen LogP contribution in [0.4, 0.5) is 18.9 Å². The molecule has 1 aliphatic rings. The van der Waals surface area contributed by atoms with Gasteiger partial charge in [0.2, 0.25) is 0 Å². The fourth-order valence-electron chi connectivity index (χ4n) is 2.86. The van der Waals surface area contributed by atoms with Gasteiger partial charge < -0.3 is 10.2 Å². The summed E-state index contributed by atoms with van der Waals surface area (Å²) in [7, 11) is 0. The van der Waals surface area contributed by atoms with Crippen LogP contribution in [0.2, 0.25) is 0 Å². The van der Waals surface area contributed by atoms with Gasteiger partial charge in [-0.25, -0.2) is 0 Å². The van der Waals surface area contributed by atoms with Gasteiger partial charge in [-0.2, -0.15) is 18.4 Å². The third-order valence-corrected chi connectivity index (χ3v) is 4.45. The van der Waals surface area contributed by atoms with Gasteiger partial charge >= 0.3 is 6.18 Å². The summed E-state index contributed by atoms with van der Waals surface area (Å²) in [5, 5.41) is 12.5. The van der Waals surface area contributed by atoms with Crippen molar-refractivity contribution in [2.75, 3.05) is 11.4 Å². The Morgan fingerprint density at radius 1 is 1.29 bits per heavy atom. The van der Waals surface area contributed by atoms with Crippen molar-refractivity contribution in [1.29, 1.82) is 5.26 Å². The van der Waals surface area contributed by atoms with E-state index in [2.05, 4.69) is 5.32 Å². The molecule has 2 rings (SSSR count). The molecule has 0 saturated heterocycles. The van der Waals surface area contributed by atoms with Gasteiger partial charge in [-0.15, -0.1) is 0 Å². The summed E-state index contributed by atoms with van der Waals surface area (Å²) in [5.41, 5.74) is -0.365. The Hall–Kier alpha value is -1.81. The molecule has 130 valence electrons. The molecule has 1 saturated carbocycles. The molecule has 3 nitrogen and oxygen atoms in total. The summed E-state index contributed by atoms with van der Waals surface area (Å²) in [6, 6.07) is 7.33. The van der Waals surface area contributed by atoms with E-state index in [1.54, 1.807) is 11.0 Å². The minimum absolute atomic E-state index is 0.183. The van der Waals surface area contributed by atoms with Crippen molar-refractivity contribution in [2.24, 2.45) is 0 Å². The van der Waals surface area contributed by atoms with Crippen molar-refractivity contribution in [3.63, 3.8) is 0 Å². The number of nitriles is 1. The molecule has 1 aromatic rings. The topological polar surface area (TPSA) is 39.1 Å². The van der Waals surface area contributed by atoms with E-state index in [9.17, 15) is 13.2 Å². The van der Waals surface area contributed by atoms with Crippen LogP contribution in [0.1, 0.15) is 44.1 Å². The minimum Gasteiger partial charge on any atom is -0.360 e. The van der Waals surface area contributed by atoms with Crippen LogP contribution in [0.25, 0.3) is 0 Å². The number of nitrogens with zero attached hydrogens (tertiary/aromatic N) is 2. The number of alkyl halides is 3. The van der Waals surface area contributed by atoms with Crippen molar-refractivity contribution < 1.29 is 13.2 Å².